The van der Waals surface area contributed by atoms with E-state index in [2.05, 4.69) is 27.4 Å². The fraction of sp³-hybridized carbons (Fsp3) is 0.500. The molecule has 4 rings (SSSR count). The minimum atomic E-state index is 0.145. The molecule has 1 aromatic heterocycles. The van der Waals surface area contributed by atoms with Crippen LogP contribution in [0.5, 0.6) is 0 Å². The topological polar surface area (TPSA) is 74.5 Å². The van der Waals surface area contributed by atoms with Crippen molar-refractivity contribution < 1.29 is 9.32 Å². The largest absolute Gasteiger partial charge is 0.338 e. The van der Waals surface area contributed by atoms with Crippen molar-refractivity contribution in [2.45, 2.75) is 25.4 Å². The van der Waals surface area contributed by atoms with Crippen molar-refractivity contribution in [3.05, 3.63) is 35.7 Å². The first-order chi connectivity index (χ1) is 12.2. The minimum absolute atomic E-state index is 0.145. The third-order valence-electron chi connectivity index (χ3n) is 5.00. The maximum absolute atomic E-state index is 11.7. The van der Waals surface area contributed by atoms with Gasteiger partial charge in [-0.15, -0.1) is 0 Å². The van der Waals surface area contributed by atoms with Crippen LogP contribution in [0, 0.1) is 0 Å². The number of amides is 1. The van der Waals surface area contributed by atoms with Crippen LogP contribution in [-0.2, 0) is 11.3 Å². The number of likely N-dealkylation sites (N-methyl/N-ethyl adjacent to an activating group) is 1. The third kappa shape index (κ3) is 3.43. The van der Waals surface area contributed by atoms with Gasteiger partial charge in [0.2, 0.25) is 5.91 Å². The average molecular weight is 341 g/mol. The van der Waals surface area contributed by atoms with E-state index in [0.717, 1.165) is 49.6 Å². The lowest BCUT2D eigenvalue weighted by molar-refractivity contribution is -0.128. The zero-order valence-electron chi connectivity index (χ0n) is 14.4. The van der Waals surface area contributed by atoms with Gasteiger partial charge in [-0.05, 0) is 31.2 Å². The quantitative estimate of drug-likeness (QED) is 0.907. The number of hydrogen-bond donors (Lipinski definition) is 1. The molecule has 7 nitrogen and oxygen atoms in total. The predicted octanol–water partition coefficient (Wildman–Crippen LogP) is 1.44. The lowest BCUT2D eigenvalue weighted by Gasteiger charge is -2.30. The summed E-state index contributed by atoms with van der Waals surface area (Å²) in [7, 11) is 2.08. The van der Waals surface area contributed by atoms with E-state index in [1.54, 1.807) is 0 Å². The van der Waals surface area contributed by atoms with Crippen molar-refractivity contribution in [3.63, 3.8) is 0 Å². The Kier molecular flexibility index (Phi) is 4.50. The third-order valence-corrected chi connectivity index (χ3v) is 5.00. The van der Waals surface area contributed by atoms with Gasteiger partial charge in [-0.1, -0.05) is 17.3 Å². The van der Waals surface area contributed by atoms with Crippen molar-refractivity contribution >= 4 is 5.91 Å². The second kappa shape index (κ2) is 6.93. The van der Waals surface area contributed by atoms with Gasteiger partial charge in [0.1, 0.15) is 0 Å². The van der Waals surface area contributed by atoms with Gasteiger partial charge < -0.3 is 14.7 Å². The van der Waals surface area contributed by atoms with E-state index in [9.17, 15) is 4.79 Å². The standard InChI is InChI=1S/C18H23N5O2/c1-22-10-8-19-11-15(22)17-20-18(25-21-17)14-6-4-13(5-7-14)12-23-9-2-3-16(23)24/h4-7,15,19H,2-3,8-12H2,1H3. The lowest BCUT2D eigenvalue weighted by Crippen LogP contribution is -2.44. The average Bonchev–Trinajstić information content (AvgIpc) is 3.26. The highest BCUT2D eigenvalue weighted by molar-refractivity contribution is 5.78. The Balaban J connectivity index is 1.46. The Morgan fingerprint density at radius 1 is 1.28 bits per heavy atom. The van der Waals surface area contributed by atoms with Crippen LogP contribution in [0.25, 0.3) is 11.5 Å². The number of nitrogens with one attached hydrogen (secondary N) is 1. The molecule has 0 saturated carbocycles. The molecule has 132 valence electrons. The van der Waals surface area contributed by atoms with Gasteiger partial charge in [-0.2, -0.15) is 4.98 Å². The van der Waals surface area contributed by atoms with Crippen molar-refractivity contribution in [1.29, 1.82) is 0 Å². The second-order valence-electron chi connectivity index (χ2n) is 6.77. The van der Waals surface area contributed by atoms with Crippen LogP contribution in [0.15, 0.2) is 28.8 Å². The highest BCUT2D eigenvalue weighted by Gasteiger charge is 2.25. The maximum atomic E-state index is 11.7. The predicted molar refractivity (Wildman–Crippen MR) is 92.6 cm³/mol. The van der Waals surface area contributed by atoms with Gasteiger partial charge in [0, 0.05) is 44.7 Å². The molecule has 25 heavy (non-hydrogen) atoms. The molecule has 2 aliphatic rings. The summed E-state index contributed by atoms with van der Waals surface area (Å²) in [6.45, 7) is 4.32. The first-order valence-electron chi connectivity index (χ1n) is 8.82. The summed E-state index contributed by atoms with van der Waals surface area (Å²) in [6.07, 6.45) is 1.64. The van der Waals surface area contributed by atoms with Gasteiger partial charge in [0.05, 0.1) is 6.04 Å². The molecule has 1 atom stereocenters. The zero-order chi connectivity index (χ0) is 17.2. The summed E-state index contributed by atoms with van der Waals surface area (Å²) in [5, 5.41) is 7.52. The van der Waals surface area contributed by atoms with Gasteiger partial charge in [-0.3, -0.25) is 9.69 Å². The molecule has 1 N–H and O–H groups in total. The smallest absolute Gasteiger partial charge is 0.257 e. The molecule has 2 saturated heterocycles. The molecule has 0 radical (unpaired) electrons. The molecular formula is C18H23N5O2. The van der Waals surface area contributed by atoms with E-state index in [4.69, 9.17) is 4.52 Å². The van der Waals surface area contributed by atoms with E-state index < -0.39 is 0 Å². The molecule has 2 aliphatic heterocycles. The highest BCUT2D eigenvalue weighted by Crippen LogP contribution is 2.23. The first kappa shape index (κ1) is 16.2. The van der Waals surface area contributed by atoms with Crippen LogP contribution in [0.3, 0.4) is 0 Å². The minimum Gasteiger partial charge on any atom is -0.338 e. The number of aromatic nitrogens is 2. The summed E-state index contributed by atoms with van der Waals surface area (Å²) in [4.78, 5) is 20.5. The number of likely N-dealkylation sites (tertiary alicyclic amines) is 1. The molecule has 1 unspecified atom stereocenters. The Labute approximate surface area is 147 Å². The molecule has 1 aromatic carbocycles. The first-order valence-corrected chi connectivity index (χ1v) is 8.82. The Morgan fingerprint density at radius 3 is 2.84 bits per heavy atom. The lowest BCUT2D eigenvalue weighted by atomic mass is 10.1. The van der Waals surface area contributed by atoms with Crippen LogP contribution >= 0.6 is 0 Å². The summed E-state index contributed by atoms with van der Waals surface area (Å²) in [5.41, 5.74) is 2.02. The second-order valence-corrected chi connectivity index (χ2v) is 6.77. The van der Waals surface area contributed by atoms with Crippen LogP contribution in [0.4, 0.5) is 0 Å². The normalized spacial score (nSPS) is 21.9. The molecule has 0 spiro atoms. The molecule has 0 aliphatic carbocycles. The summed E-state index contributed by atoms with van der Waals surface area (Å²) < 4.78 is 5.46. The van der Waals surface area contributed by atoms with Gasteiger partial charge in [0.15, 0.2) is 5.82 Å². The van der Waals surface area contributed by atoms with Crippen molar-refractivity contribution in [3.8, 4) is 11.5 Å². The summed E-state index contributed by atoms with van der Waals surface area (Å²) in [6, 6.07) is 8.16. The fourth-order valence-electron chi connectivity index (χ4n) is 3.43. The fourth-order valence-corrected chi connectivity index (χ4v) is 3.43. The molecule has 1 amide bonds. The number of piperazine rings is 1. The molecular weight excluding hydrogens is 318 g/mol. The van der Waals surface area contributed by atoms with Gasteiger partial charge >= 0.3 is 0 Å². The number of hydrogen-bond acceptors (Lipinski definition) is 6. The van der Waals surface area contributed by atoms with Crippen LogP contribution in [-0.4, -0.2) is 59.1 Å². The van der Waals surface area contributed by atoms with Crippen LogP contribution in [0.2, 0.25) is 0 Å². The van der Waals surface area contributed by atoms with Gasteiger partial charge in [0.25, 0.3) is 5.89 Å². The molecule has 2 aromatic rings. The van der Waals surface area contributed by atoms with Gasteiger partial charge in [-0.25, -0.2) is 0 Å². The number of carbonyl (C=O) groups is 1. The van der Waals surface area contributed by atoms with E-state index >= 15 is 0 Å². The van der Waals surface area contributed by atoms with Crippen molar-refractivity contribution in [1.82, 2.24) is 25.3 Å². The number of benzene rings is 1. The molecule has 0 bridgehead atoms. The number of nitrogens with zero attached hydrogens (tertiary/aromatic N) is 4. The van der Waals surface area contributed by atoms with E-state index in [0.29, 0.717) is 18.9 Å². The summed E-state index contributed by atoms with van der Waals surface area (Å²) in [5.74, 6) is 1.50. The zero-order valence-corrected chi connectivity index (χ0v) is 14.4. The van der Waals surface area contributed by atoms with E-state index in [1.165, 1.54) is 0 Å². The SMILES string of the molecule is CN1CCNCC1c1noc(-c2ccc(CN3CCCC3=O)cc2)n1. The van der Waals surface area contributed by atoms with Crippen molar-refractivity contribution in [2.24, 2.45) is 0 Å². The summed E-state index contributed by atoms with van der Waals surface area (Å²) >= 11 is 0. The molecule has 3 heterocycles. The van der Waals surface area contributed by atoms with E-state index in [-0.39, 0.29) is 11.9 Å². The Hall–Kier alpha value is -2.25. The molecule has 2 fully saturated rings. The van der Waals surface area contributed by atoms with Crippen molar-refractivity contribution in [2.75, 3.05) is 33.2 Å². The maximum Gasteiger partial charge on any atom is 0.257 e. The van der Waals surface area contributed by atoms with Crippen LogP contribution in [0.1, 0.15) is 30.3 Å². The number of carbonyl (C=O) groups excluding carboxylic acids is 1. The Bertz CT molecular complexity index is 742. The number of rotatable bonds is 4. The van der Waals surface area contributed by atoms with E-state index in [1.807, 2.05) is 29.2 Å². The molecule has 7 heteroatoms. The Morgan fingerprint density at radius 2 is 2.12 bits per heavy atom. The monoisotopic (exact) mass is 341 g/mol. The highest BCUT2D eigenvalue weighted by atomic mass is 16.5. The van der Waals surface area contributed by atoms with Crippen LogP contribution < -0.4 is 5.32 Å².